The van der Waals surface area contributed by atoms with Crippen molar-refractivity contribution in [3.8, 4) is 0 Å². The molecule has 0 saturated carbocycles. The molecule has 96 valence electrons. The fraction of sp³-hybridized carbons (Fsp3) is 0.143. The molecule has 0 aliphatic heterocycles. The summed E-state index contributed by atoms with van der Waals surface area (Å²) in [4.78, 5) is 0. The van der Waals surface area contributed by atoms with E-state index in [2.05, 4.69) is 26.1 Å². The van der Waals surface area contributed by atoms with Crippen molar-refractivity contribution in [3.05, 3.63) is 64.3 Å². The fourth-order valence-corrected chi connectivity index (χ4v) is 2.36. The molecule has 3 nitrogen and oxygen atoms in total. The summed E-state index contributed by atoms with van der Waals surface area (Å²) in [6.45, 7) is 0. The van der Waals surface area contributed by atoms with Crippen LogP contribution in [0.15, 0.2) is 47.1 Å². The van der Waals surface area contributed by atoms with E-state index in [0.29, 0.717) is 18.4 Å². The van der Waals surface area contributed by atoms with Gasteiger partial charge in [-0.2, -0.15) is 0 Å². The molecule has 3 rings (SSSR count). The molecular formula is C14H11BrFN3. The molecule has 19 heavy (non-hydrogen) atoms. The minimum atomic E-state index is -0.168. The van der Waals surface area contributed by atoms with E-state index in [1.165, 1.54) is 6.07 Å². The fourth-order valence-electron chi connectivity index (χ4n) is 2.03. The van der Waals surface area contributed by atoms with Gasteiger partial charge in [-0.1, -0.05) is 34.1 Å². The molecule has 2 aromatic heterocycles. The normalized spacial score (nSPS) is 11.1. The summed E-state index contributed by atoms with van der Waals surface area (Å²) < 4.78 is 16.4. The second-order valence-electron chi connectivity index (χ2n) is 4.28. The smallest absolute Gasteiger partial charge is 0.161 e. The number of hydrogen-bond donors (Lipinski definition) is 0. The van der Waals surface area contributed by atoms with E-state index in [-0.39, 0.29) is 5.82 Å². The van der Waals surface area contributed by atoms with Gasteiger partial charge in [0.2, 0.25) is 0 Å². The Hall–Kier alpha value is -1.75. The summed E-state index contributed by atoms with van der Waals surface area (Å²) in [6.07, 6.45) is 3.18. The summed E-state index contributed by atoms with van der Waals surface area (Å²) in [7, 11) is 0. The first-order chi connectivity index (χ1) is 9.24. The van der Waals surface area contributed by atoms with E-state index in [0.717, 1.165) is 15.9 Å². The minimum Gasteiger partial charge on any atom is -0.286 e. The first-order valence-electron chi connectivity index (χ1n) is 5.96. The van der Waals surface area contributed by atoms with Crippen LogP contribution in [0.2, 0.25) is 0 Å². The Kier molecular flexibility index (Phi) is 3.29. The zero-order valence-corrected chi connectivity index (χ0v) is 11.6. The highest BCUT2D eigenvalue weighted by Crippen LogP contribution is 2.14. The average molecular weight is 320 g/mol. The number of benzene rings is 1. The van der Waals surface area contributed by atoms with Crippen LogP contribution in [-0.2, 0) is 12.8 Å². The molecular weight excluding hydrogens is 309 g/mol. The van der Waals surface area contributed by atoms with E-state index < -0.39 is 0 Å². The molecule has 1 aromatic carbocycles. The van der Waals surface area contributed by atoms with Crippen molar-refractivity contribution in [1.29, 1.82) is 0 Å². The van der Waals surface area contributed by atoms with Gasteiger partial charge in [0.1, 0.15) is 11.6 Å². The van der Waals surface area contributed by atoms with Gasteiger partial charge in [-0.25, -0.2) is 4.39 Å². The van der Waals surface area contributed by atoms with Gasteiger partial charge in [0, 0.05) is 17.1 Å². The SMILES string of the molecule is Fc1ccccc1CCc1nnc2cc(Br)ccn12. The van der Waals surface area contributed by atoms with Crippen LogP contribution in [0.25, 0.3) is 5.65 Å². The predicted octanol–water partition coefficient (Wildman–Crippen LogP) is 3.42. The van der Waals surface area contributed by atoms with Crippen molar-refractivity contribution in [3.63, 3.8) is 0 Å². The lowest BCUT2D eigenvalue weighted by atomic mass is 10.1. The van der Waals surface area contributed by atoms with Crippen LogP contribution in [0.1, 0.15) is 11.4 Å². The topological polar surface area (TPSA) is 30.2 Å². The molecule has 0 radical (unpaired) electrons. The molecule has 5 heteroatoms. The van der Waals surface area contributed by atoms with Crippen LogP contribution < -0.4 is 0 Å². The highest BCUT2D eigenvalue weighted by Gasteiger charge is 2.07. The van der Waals surface area contributed by atoms with Gasteiger partial charge in [0.15, 0.2) is 5.65 Å². The number of aromatic nitrogens is 3. The quantitative estimate of drug-likeness (QED) is 0.740. The Balaban J connectivity index is 1.84. The van der Waals surface area contributed by atoms with Gasteiger partial charge < -0.3 is 0 Å². The van der Waals surface area contributed by atoms with Crippen LogP contribution in [0.4, 0.5) is 4.39 Å². The molecule has 0 atom stereocenters. The molecule has 0 saturated heterocycles. The molecule has 3 aromatic rings. The number of nitrogens with zero attached hydrogens (tertiary/aromatic N) is 3. The van der Waals surface area contributed by atoms with Crippen LogP contribution in [0.5, 0.6) is 0 Å². The second-order valence-corrected chi connectivity index (χ2v) is 5.20. The van der Waals surface area contributed by atoms with Gasteiger partial charge in [0.05, 0.1) is 0 Å². The molecule has 0 unspecified atom stereocenters. The minimum absolute atomic E-state index is 0.168. The lowest BCUT2D eigenvalue weighted by molar-refractivity contribution is 0.607. The zero-order valence-electron chi connectivity index (χ0n) is 10.1. The molecule has 0 aliphatic rings. The first-order valence-corrected chi connectivity index (χ1v) is 6.76. The maximum atomic E-state index is 13.5. The van der Waals surface area contributed by atoms with Crippen molar-refractivity contribution in [2.75, 3.05) is 0 Å². The Bertz CT molecular complexity index is 724. The largest absolute Gasteiger partial charge is 0.286 e. The zero-order chi connectivity index (χ0) is 13.2. The Labute approximate surface area is 118 Å². The van der Waals surface area contributed by atoms with E-state index in [1.807, 2.05) is 28.8 Å². The highest BCUT2D eigenvalue weighted by molar-refractivity contribution is 9.10. The number of fused-ring (bicyclic) bond motifs is 1. The maximum absolute atomic E-state index is 13.5. The van der Waals surface area contributed by atoms with Crippen molar-refractivity contribution in [1.82, 2.24) is 14.6 Å². The van der Waals surface area contributed by atoms with Gasteiger partial charge in [-0.3, -0.25) is 4.40 Å². The second kappa shape index (κ2) is 5.09. The van der Waals surface area contributed by atoms with Crippen molar-refractivity contribution in [2.45, 2.75) is 12.8 Å². The monoisotopic (exact) mass is 319 g/mol. The lowest BCUT2D eigenvalue weighted by Crippen LogP contribution is -1.99. The van der Waals surface area contributed by atoms with Crippen molar-refractivity contribution >= 4 is 21.6 Å². The van der Waals surface area contributed by atoms with Crippen LogP contribution in [0, 0.1) is 5.82 Å². The summed E-state index contributed by atoms with van der Waals surface area (Å²) in [6, 6.07) is 10.7. The molecule has 0 bridgehead atoms. The Morgan fingerprint density at radius 2 is 1.95 bits per heavy atom. The summed E-state index contributed by atoms with van der Waals surface area (Å²) in [5.41, 5.74) is 1.49. The number of halogens is 2. The Morgan fingerprint density at radius 1 is 1.11 bits per heavy atom. The summed E-state index contributed by atoms with van der Waals surface area (Å²) >= 11 is 3.40. The van der Waals surface area contributed by atoms with E-state index in [4.69, 9.17) is 0 Å². The molecule has 0 amide bonds. The van der Waals surface area contributed by atoms with Crippen LogP contribution in [0.3, 0.4) is 0 Å². The highest BCUT2D eigenvalue weighted by atomic mass is 79.9. The van der Waals surface area contributed by atoms with Crippen molar-refractivity contribution in [2.24, 2.45) is 0 Å². The third kappa shape index (κ3) is 2.51. The van der Waals surface area contributed by atoms with Gasteiger partial charge in [-0.05, 0) is 30.2 Å². The first kappa shape index (κ1) is 12.3. The van der Waals surface area contributed by atoms with Crippen LogP contribution >= 0.6 is 15.9 Å². The number of rotatable bonds is 3. The molecule has 2 heterocycles. The van der Waals surface area contributed by atoms with E-state index in [9.17, 15) is 4.39 Å². The summed E-state index contributed by atoms with van der Waals surface area (Å²) in [5.74, 6) is 0.671. The molecule has 0 N–H and O–H groups in total. The van der Waals surface area contributed by atoms with Gasteiger partial charge in [0.25, 0.3) is 0 Å². The lowest BCUT2D eigenvalue weighted by Gasteiger charge is -2.02. The molecule has 0 spiro atoms. The van der Waals surface area contributed by atoms with Crippen molar-refractivity contribution < 1.29 is 4.39 Å². The van der Waals surface area contributed by atoms with E-state index in [1.54, 1.807) is 12.1 Å². The average Bonchev–Trinajstić information content (AvgIpc) is 2.80. The Morgan fingerprint density at radius 3 is 2.79 bits per heavy atom. The third-order valence-electron chi connectivity index (χ3n) is 3.02. The number of hydrogen-bond acceptors (Lipinski definition) is 2. The summed E-state index contributed by atoms with van der Waals surface area (Å²) in [5, 5.41) is 8.25. The van der Waals surface area contributed by atoms with Gasteiger partial charge in [-0.15, -0.1) is 10.2 Å². The van der Waals surface area contributed by atoms with E-state index >= 15 is 0 Å². The number of pyridine rings is 1. The van der Waals surface area contributed by atoms with Gasteiger partial charge >= 0.3 is 0 Å². The predicted molar refractivity (Wildman–Crippen MR) is 74.5 cm³/mol. The molecule has 0 fully saturated rings. The maximum Gasteiger partial charge on any atom is 0.161 e. The van der Waals surface area contributed by atoms with Crippen LogP contribution in [-0.4, -0.2) is 14.6 Å². The molecule has 0 aliphatic carbocycles. The standard InChI is InChI=1S/C14H11BrFN3/c15-11-7-8-19-13(17-18-14(19)9-11)6-5-10-3-1-2-4-12(10)16/h1-4,7-9H,5-6H2. The number of aryl methyl sites for hydroxylation is 2. The third-order valence-corrected chi connectivity index (χ3v) is 3.51.